The van der Waals surface area contributed by atoms with Gasteiger partial charge in [0.1, 0.15) is 0 Å². The number of rotatable bonds is 4. The molecule has 1 rings (SSSR count). The number of hydrogen-bond acceptors (Lipinski definition) is 3. The van der Waals surface area contributed by atoms with E-state index in [4.69, 9.17) is 0 Å². The molecule has 0 radical (unpaired) electrons. The van der Waals surface area contributed by atoms with Crippen molar-refractivity contribution in [1.29, 1.82) is 0 Å². The van der Waals surface area contributed by atoms with E-state index < -0.39 is 0 Å². The number of amides is 2. The minimum atomic E-state index is -0.187. The standard InChI is InChI=1S/C10H13N3O2/c1-8(14)12-5-6-13-10(15)9-3-2-4-11-7-9/h2-4,7H,5-6H2,1H3,(H,12,14)(H,13,15). The van der Waals surface area contributed by atoms with Gasteiger partial charge in [-0.2, -0.15) is 0 Å². The summed E-state index contributed by atoms with van der Waals surface area (Å²) in [6, 6.07) is 3.38. The smallest absolute Gasteiger partial charge is 0.252 e. The molecule has 0 fully saturated rings. The average molecular weight is 207 g/mol. The van der Waals surface area contributed by atoms with Crippen molar-refractivity contribution in [2.75, 3.05) is 13.1 Å². The molecular weight excluding hydrogens is 194 g/mol. The number of pyridine rings is 1. The number of carbonyl (C=O) groups excluding carboxylic acids is 2. The van der Waals surface area contributed by atoms with Crippen LogP contribution in [0.5, 0.6) is 0 Å². The molecule has 0 saturated carbocycles. The van der Waals surface area contributed by atoms with Gasteiger partial charge in [0.15, 0.2) is 0 Å². The van der Waals surface area contributed by atoms with E-state index in [2.05, 4.69) is 15.6 Å². The van der Waals surface area contributed by atoms with Crippen LogP contribution in [0.1, 0.15) is 17.3 Å². The zero-order chi connectivity index (χ0) is 11.1. The van der Waals surface area contributed by atoms with Crippen LogP contribution in [0, 0.1) is 0 Å². The third-order valence-corrected chi connectivity index (χ3v) is 1.71. The van der Waals surface area contributed by atoms with Crippen molar-refractivity contribution in [3.05, 3.63) is 30.1 Å². The van der Waals surface area contributed by atoms with Crippen LogP contribution in [-0.4, -0.2) is 29.9 Å². The maximum absolute atomic E-state index is 11.4. The van der Waals surface area contributed by atoms with Crippen LogP contribution in [0.2, 0.25) is 0 Å². The highest BCUT2D eigenvalue weighted by Crippen LogP contribution is 1.93. The van der Waals surface area contributed by atoms with E-state index in [1.54, 1.807) is 18.3 Å². The van der Waals surface area contributed by atoms with Gasteiger partial charge in [0.05, 0.1) is 5.56 Å². The normalized spacial score (nSPS) is 9.40. The summed E-state index contributed by atoms with van der Waals surface area (Å²) in [5.74, 6) is -0.293. The van der Waals surface area contributed by atoms with Crippen molar-refractivity contribution < 1.29 is 9.59 Å². The Bertz CT molecular complexity index is 338. The van der Waals surface area contributed by atoms with Crippen LogP contribution in [0.15, 0.2) is 24.5 Å². The summed E-state index contributed by atoms with van der Waals surface area (Å²) in [7, 11) is 0. The number of aromatic nitrogens is 1. The molecule has 80 valence electrons. The zero-order valence-electron chi connectivity index (χ0n) is 8.49. The van der Waals surface area contributed by atoms with Crippen molar-refractivity contribution in [3.8, 4) is 0 Å². The lowest BCUT2D eigenvalue weighted by molar-refractivity contribution is -0.118. The first-order valence-corrected chi connectivity index (χ1v) is 4.63. The van der Waals surface area contributed by atoms with E-state index in [9.17, 15) is 9.59 Å². The van der Waals surface area contributed by atoms with Gasteiger partial charge in [-0.25, -0.2) is 0 Å². The second-order valence-electron chi connectivity index (χ2n) is 2.98. The van der Waals surface area contributed by atoms with Crippen LogP contribution in [0.4, 0.5) is 0 Å². The summed E-state index contributed by atoms with van der Waals surface area (Å²) in [5, 5.41) is 5.24. The highest BCUT2D eigenvalue weighted by atomic mass is 16.2. The SMILES string of the molecule is CC(=O)NCCNC(=O)c1cccnc1. The summed E-state index contributed by atoms with van der Waals surface area (Å²) in [6.07, 6.45) is 3.10. The Balaban J connectivity index is 2.28. The van der Waals surface area contributed by atoms with Gasteiger partial charge in [-0.15, -0.1) is 0 Å². The van der Waals surface area contributed by atoms with Gasteiger partial charge < -0.3 is 10.6 Å². The lowest BCUT2D eigenvalue weighted by Gasteiger charge is -2.04. The number of nitrogens with one attached hydrogen (secondary N) is 2. The molecule has 0 aliphatic heterocycles. The molecule has 0 aromatic carbocycles. The van der Waals surface area contributed by atoms with Crippen LogP contribution in [0.25, 0.3) is 0 Å². The minimum absolute atomic E-state index is 0.106. The van der Waals surface area contributed by atoms with E-state index in [1.165, 1.54) is 13.1 Å². The molecule has 0 saturated heterocycles. The molecule has 0 aliphatic rings. The Morgan fingerprint density at radius 3 is 2.67 bits per heavy atom. The average Bonchev–Trinajstić information content (AvgIpc) is 2.25. The van der Waals surface area contributed by atoms with Gasteiger partial charge in [-0.3, -0.25) is 14.6 Å². The Hall–Kier alpha value is -1.91. The molecule has 0 bridgehead atoms. The topological polar surface area (TPSA) is 71.1 Å². The first-order chi connectivity index (χ1) is 7.20. The Morgan fingerprint density at radius 1 is 1.33 bits per heavy atom. The van der Waals surface area contributed by atoms with Gasteiger partial charge in [-0.05, 0) is 12.1 Å². The molecule has 2 N–H and O–H groups in total. The van der Waals surface area contributed by atoms with E-state index in [1.807, 2.05) is 0 Å². The van der Waals surface area contributed by atoms with E-state index >= 15 is 0 Å². The molecular formula is C10H13N3O2. The van der Waals surface area contributed by atoms with Gasteiger partial charge in [0.25, 0.3) is 5.91 Å². The predicted octanol–water partition coefficient (Wildman–Crippen LogP) is -0.0525. The van der Waals surface area contributed by atoms with Crippen LogP contribution < -0.4 is 10.6 Å². The molecule has 5 heteroatoms. The van der Waals surface area contributed by atoms with E-state index in [0.717, 1.165) is 0 Å². The van der Waals surface area contributed by atoms with Crippen LogP contribution >= 0.6 is 0 Å². The predicted molar refractivity (Wildman–Crippen MR) is 55.3 cm³/mol. The van der Waals surface area contributed by atoms with Crippen molar-refractivity contribution in [2.24, 2.45) is 0 Å². The summed E-state index contributed by atoms with van der Waals surface area (Å²) in [5.41, 5.74) is 0.514. The summed E-state index contributed by atoms with van der Waals surface area (Å²) < 4.78 is 0. The Kier molecular flexibility index (Phi) is 4.28. The molecule has 0 spiro atoms. The minimum Gasteiger partial charge on any atom is -0.355 e. The number of nitrogens with zero attached hydrogens (tertiary/aromatic N) is 1. The lowest BCUT2D eigenvalue weighted by atomic mass is 10.3. The Labute approximate surface area is 87.9 Å². The summed E-state index contributed by atoms with van der Waals surface area (Å²) in [4.78, 5) is 25.8. The fourth-order valence-electron chi connectivity index (χ4n) is 1.01. The first kappa shape index (κ1) is 11.2. The number of hydrogen-bond donors (Lipinski definition) is 2. The zero-order valence-corrected chi connectivity index (χ0v) is 8.49. The highest BCUT2D eigenvalue weighted by Gasteiger charge is 2.03. The van der Waals surface area contributed by atoms with Crippen molar-refractivity contribution >= 4 is 11.8 Å². The molecule has 5 nitrogen and oxygen atoms in total. The van der Waals surface area contributed by atoms with Gasteiger partial charge in [0.2, 0.25) is 5.91 Å². The molecule has 2 amide bonds. The molecule has 0 aliphatic carbocycles. The fourth-order valence-corrected chi connectivity index (χ4v) is 1.01. The third-order valence-electron chi connectivity index (χ3n) is 1.71. The quantitative estimate of drug-likeness (QED) is 0.680. The second kappa shape index (κ2) is 5.74. The van der Waals surface area contributed by atoms with Gasteiger partial charge in [0, 0.05) is 32.4 Å². The fraction of sp³-hybridized carbons (Fsp3) is 0.300. The van der Waals surface area contributed by atoms with E-state index in [-0.39, 0.29) is 11.8 Å². The van der Waals surface area contributed by atoms with Crippen molar-refractivity contribution in [1.82, 2.24) is 15.6 Å². The maximum atomic E-state index is 11.4. The molecule has 1 aromatic rings. The van der Waals surface area contributed by atoms with E-state index in [0.29, 0.717) is 18.7 Å². The largest absolute Gasteiger partial charge is 0.355 e. The molecule has 1 heterocycles. The van der Waals surface area contributed by atoms with Crippen LogP contribution in [-0.2, 0) is 4.79 Å². The van der Waals surface area contributed by atoms with Crippen molar-refractivity contribution in [2.45, 2.75) is 6.92 Å². The molecule has 15 heavy (non-hydrogen) atoms. The first-order valence-electron chi connectivity index (χ1n) is 4.63. The Morgan fingerprint density at radius 2 is 2.07 bits per heavy atom. The molecule has 0 unspecified atom stereocenters. The summed E-state index contributed by atoms with van der Waals surface area (Å²) in [6.45, 7) is 2.28. The van der Waals surface area contributed by atoms with Crippen LogP contribution in [0.3, 0.4) is 0 Å². The monoisotopic (exact) mass is 207 g/mol. The van der Waals surface area contributed by atoms with Gasteiger partial charge in [-0.1, -0.05) is 0 Å². The number of carbonyl (C=O) groups is 2. The third kappa shape index (κ3) is 4.21. The second-order valence-corrected chi connectivity index (χ2v) is 2.98. The van der Waals surface area contributed by atoms with Crippen molar-refractivity contribution in [3.63, 3.8) is 0 Å². The summed E-state index contributed by atoms with van der Waals surface area (Å²) >= 11 is 0. The highest BCUT2D eigenvalue weighted by molar-refractivity contribution is 5.93. The maximum Gasteiger partial charge on any atom is 0.252 e. The lowest BCUT2D eigenvalue weighted by Crippen LogP contribution is -2.33. The molecule has 1 aromatic heterocycles. The van der Waals surface area contributed by atoms with Gasteiger partial charge >= 0.3 is 0 Å². The molecule has 0 atom stereocenters.